The van der Waals surface area contributed by atoms with Crippen LogP contribution < -0.4 is 25.0 Å². The van der Waals surface area contributed by atoms with Crippen molar-refractivity contribution in [3.05, 3.63) is 87.4 Å². The van der Waals surface area contributed by atoms with Gasteiger partial charge in [0.1, 0.15) is 12.4 Å². The first-order chi connectivity index (χ1) is 16.5. The number of amides is 2. The fourth-order valence-corrected chi connectivity index (χ4v) is 3.34. The molecule has 1 aliphatic heterocycles. The number of rotatable bonds is 8. The summed E-state index contributed by atoms with van der Waals surface area (Å²) in [5.74, 6) is 0.729. The van der Waals surface area contributed by atoms with Crippen molar-refractivity contribution >= 4 is 41.2 Å². The average molecular weight is 500 g/mol. The number of carbonyl (C=O) groups excluding carboxylic acids is 2. The number of hydrazone groups is 1. The minimum absolute atomic E-state index is 0.116. The van der Waals surface area contributed by atoms with Crippen molar-refractivity contribution in [2.24, 2.45) is 5.10 Å². The monoisotopic (exact) mass is 499 g/mol. The summed E-state index contributed by atoms with van der Waals surface area (Å²) in [4.78, 5) is 24.3. The van der Waals surface area contributed by atoms with Gasteiger partial charge in [-0.1, -0.05) is 41.4 Å². The molecule has 1 heterocycles. The van der Waals surface area contributed by atoms with Gasteiger partial charge in [0, 0.05) is 11.1 Å². The van der Waals surface area contributed by atoms with Crippen LogP contribution in [0.25, 0.3) is 0 Å². The molecule has 0 unspecified atom stereocenters. The maximum Gasteiger partial charge on any atom is 0.259 e. The molecular formula is C24H19Cl2N3O5. The molecule has 3 aromatic rings. The van der Waals surface area contributed by atoms with Crippen LogP contribution in [0.5, 0.6) is 17.2 Å². The highest BCUT2D eigenvalue weighted by molar-refractivity contribution is 6.42. The Morgan fingerprint density at radius 1 is 1.00 bits per heavy atom. The van der Waals surface area contributed by atoms with Crippen molar-refractivity contribution in [3.63, 3.8) is 0 Å². The summed E-state index contributed by atoms with van der Waals surface area (Å²) < 4.78 is 16.3. The number of para-hydroxylation sites is 1. The fraction of sp³-hybridized carbons (Fsp3) is 0.125. The molecule has 1 aliphatic rings. The number of benzene rings is 3. The standard InChI is InChI=1S/C24H19Cl2N3O5/c25-18-7-5-15(9-19(18)26)13-32-20-4-2-1-3-17(20)11-28-29-23(30)12-27-24(31)16-6-8-21-22(10-16)34-14-33-21/h1-11H,12-14H2,(H,27,31)(H,29,30)/b28-11+. The van der Waals surface area contributed by atoms with E-state index < -0.39 is 11.8 Å². The first-order valence-corrected chi connectivity index (χ1v) is 10.9. The lowest BCUT2D eigenvalue weighted by molar-refractivity contribution is -0.120. The van der Waals surface area contributed by atoms with Crippen molar-refractivity contribution in [2.75, 3.05) is 13.3 Å². The smallest absolute Gasteiger partial charge is 0.259 e. The van der Waals surface area contributed by atoms with Crippen molar-refractivity contribution in [1.29, 1.82) is 0 Å². The third kappa shape index (κ3) is 5.98. The van der Waals surface area contributed by atoms with E-state index in [9.17, 15) is 9.59 Å². The maximum absolute atomic E-state index is 12.3. The predicted octanol–water partition coefficient (Wildman–Crippen LogP) is 4.18. The van der Waals surface area contributed by atoms with Gasteiger partial charge in [0.25, 0.3) is 11.8 Å². The first kappa shape index (κ1) is 23.4. The van der Waals surface area contributed by atoms with E-state index in [1.807, 2.05) is 18.2 Å². The molecule has 4 rings (SSSR count). The zero-order valence-electron chi connectivity index (χ0n) is 17.7. The lowest BCUT2D eigenvalue weighted by Gasteiger charge is -2.09. The lowest BCUT2D eigenvalue weighted by atomic mass is 10.2. The predicted molar refractivity (Wildman–Crippen MR) is 128 cm³/mol. The summed E-state index contributed by atoms with van der Waals surface area (Å²) in [5.41, 5.74) is 4.25. The zero-order chi connectivity index (χ0) is 23.9. The molecule has 2 amide bonds. The summed E-state index contributed by atoms with van der Waals surface area (Å²) in [6.07, 6.45) is 1.46. The van der Waals surface area contributed by atoms with Crippen molar-refractivity contribution in [1.82, 2.24) is 10.7 Å². The van der Waals surface area contributed by atoms with E-state index in [4.69, 9.17) is 37.4 Å². The van der Waals surface area contributed by atoms with Gasteiger partial charge in [-0.05, 0) is 48.0 Å². The van der Waals surface area contributed by atoms with Crippen LogP contribution >= 0.6 is 23.2 Å². The van der Waals surface area contributed by atoms with E-state index in [0.717, 1.165) is 5.56 Å². The van der Waals surface area contributed by atoms with E-state index in [1.54, 1.807) is 42.5 Å². The van der Waals surface area contributed by atoms with Crippen molar-refractivity contribution in [3.8, 4) is 17.2 Å². The second kappa shape index (κ2) is 10.9. The average Bonchev–Trinajstić information content (AvgIpc) is 3.32. The van der Waals surface area contributed by atoms with E-state index in [1.165, 1.54) is 6.21 Å². The number of hydrogen-bond acceptors (Lipinski definition) is 6. The van der Waals surface area contributed by atoms with E-state index in [-0.39, 0.29) is 19.9 Å². The molecule has 3 aromatic carbocycles. The molecule has 0 radical (unpaired) electrons. The number of fused-ring (bicyclic) bond motifs is 1. The number of carbonyl (C=O) groups is 2. The number of nitrogens with one attached hydrogen (secondary N) is 2. The molecule has 0 saturated heterocycles. The Morgan fingerprint density at radius 2 is 1.82 bits per heavy atom. The Bertz CT molecular complexity index is 1250. The number of nitrogens with zero attached hydrogens (tertiary/aromatic N) is 1. The van der Waals surface area contributed by atoms with Gasteiger partial charge in [-0.3, -0.25) is 9.59 Å². The molecule has 8 nitrogen and oxygen atoms in total. The molecule has 174 valence electrons. The summed E-state index contributed by atoms with van der Waals surface area (Å²) in [5, 5.41) is 7.40. The lowest BCUT2D eigenvalue weighted by Crippen LogP contribution is -2.34. The third-order valence-electron chi connectivity index (χ3n) is 4.73. The minimum atomic E-state index is -0.487. The maximum atomic E-state index is 12.3. The second-order valence-corrected chi connectivity index (χ2v) is 7.93. The van der Waals surface area contributed by atoms with E-state index >= 15 is 0 Å². The Balaban J connectivity index is 1.28. The van der Waals surface area contributed by atoms with E-state index in [0.29, 0.717) is 38.4 Å². The van der Waals surface area contributed by atoms with Crippen molar-refractivity contribution in [2.45, 2.75) is 6.61 Å². The van der Waals surface area contributed by atoms with Gasteiger partial charge < -0.3 is 19.5 Å². The second-order valence-electron chi connectivity index (χ2n) is 7.12. The van der Waals surface area contributed by atoms with Gasteiger partial charge >= 0.3 is 0 Å². The molecule has 0 bridgehead atoms. The molecule has 34 heavy (non-hydrogen) atoms. The molecule has 0 fully saturated rings. The number of halogens is 2. The summed E-state index contributed by atoms with van der Waals surface area (Å²) >= 11 is 12.0. The molecular weight excluding hydrogens is 481 g/mol. The molecule has 0 atom stereocenters. The van der Waals surface area contributed by atoms with Gasteiger partial charge in [-0.15, -0.1) is 0 Å². The Hall–Kier alpha value is -3.75. The molecule has 0 aliphatic carbocycles. The highest BCUT2D eigenvalue weighted by Gasteiger charge is 2.16. The number of ether oxygens (including phenoxy) is 3. The summed E-state index contributed by atoms with van der Waals surface area (Å²) in [6, 6.07) is 17.3. The van der Waals surface area contributed by atoms with Crippen LogP contribution in [0.3, 0.4) is 0 Å². The number of hydrogen-bond donors (Lipinski definition) is 2. The quantitative estimate of drug-likeness (QED) is 0.357. The van der Waals surface area contributed by atoms with Gasteiger partial charge in [0.05, 0.1) is 22.8 Å². The molecule has 10 heteroatoms. The van der Waals surface area contributed by atoms with Crippen LogP contribution in [0.1, 0.15) is 21.5 Å². The summed E-state index contributed by atoms with van der Waals surface area (Å²) in [6.45, 7) is 0.143. The minimum Gasteiger partial charge on any atom is -0.488 e. The van der Waals surface area contributed by atoms with Gasteiger partial charge in [-0.2, -0.15) is 5.10 Å². The highest BCUT2D eigenvalue weighted by Crippen LogP contribution is 2.32. The van der Waals surface area contributed by atoms with E-state index in [2.05, 4.69) is 15.8 Å². The highest BCUT2D eigenvalue weighted by atomic mass is 35.5. The Kier molecular flexibility index (Phi) is 7.51. The third-order valence-corrected chi connectivity index (χ3v) is 5.47. The van der Waals surface area contributed by atoms with Crippen LogP contribution in [0.2, 0.25) is 10.0 Å². The largest absolute Gasteiger partial charge is 0.488 e. The Labute approximate surface area is 205 Å². The van der Waals surface area contributed by atoms with Gasteiger partial charge in [-0.25, -0.2) is 5.43 Å². The van der Waals surface area contributed by atoms with Crippen LogP contribution in [-0.4, -0.2) is 31.4 Å². The van der Waals surface area contributed by atoms with Gasteiger partial charge in [0.15, 0.2) is 11.5 Å². The summed E-state index contributed by atoms with van der Waals surface area (Å²) in [7, 11) is 0. The molecule has 0 spiro atoms. The molecule has 2 N–H and O–H groups in total. The first-order valence-electron chi connectivity index (χ1n) is 10.1. The zero-order valence-corrected chi connectivity index (χ0v) is 19.2. The fourth-order valence-electron chi connectivity index (χ4n) is 3.02. The Morgan fingerprint density at radius 3 is 2.68 bits per heavy atom. The normalized spacial score (nSPS) is 11.9. The van der Waals surface area contributed by atoms with Crippen LogP contribution in [0, 0.1) is 0 Å². The molecule has 0 saturated carbocycles. The van der Waals surface area contributed by atoms with Crippen LogP contribution in [0.15, 0.2) is 65.8 Å². The molecule has 0 aromatic heterocycles. The van der Waals surface area contributed by atoms with Crippen LogP contribution in [-0.2, 0) is 11.4 Å². The van der Waals surface area contributed by atoms with Gasteiger partial charge in [0.2, 0.25) is 6.79 Å². The topological polar surface area (TPSA) is 98.3 Å². The van der Waals surface area contributed by atoms with Crippen LogP contribution in [0.4, 0.5) is 0 Å². The SMILES string of the molecule is O=C(CNC(=O)c1ccc2c(c1)OCO2)N/N=C/c1ccccc1OCc1ccc(Cl)c(Cl)c1. The van der Waals surface area contributed by atoms with Crippen molar-refractivity contribution < 1.29 is 23.8 Å².